The standard InChI is InChI=1S/C11H15N5S/c1-15-7-12-9-8(15)10(17)14-11(13-9)16-5-3-2-4-6-16/h7H,2-6H2,1H3,(H,13,14,17). The fourth-order valence-corrected chi connectivity index (χ4v) is 2.64. The number of fused-ring (bicyclic) bond motifs is 1. The molecule has 1 fully saturated rings. The lowest BCUT2D eigenvalue weighted by Crippen LogP contribution is -2.31. The number of nitrogens with zero attached hydrogens (tertiary/aromatic N) is 4. The summed E-state index contributed by atoms with van der Waals surface area (Å²) in [5.74, 6) is 0.862. The zero-order chi connectivity index (χ0) is 11.8. The van der Waals surface area contributed by atoms with Gasteiger partial charge in [0.15, 0.2) is 10.3 Å². The van der Waals surface area contributed by atoms with Gasteiger partial charge in [0, 0.05) is 20.1 Å². The summed E-state index contributed by atoms with van der Waals surface area (Å²) >= 11 is 5.33. The van der Waals surface area contributed by atoms with Crippen LogP contribution in [0.5, 0.6) is 0 Å². The fourth-order valence-electron chi connectivity index (χ4n) is 2.31. The number of aromatic amines is 1. The molecule has 0 atom stereocenters. The van der Waals surface area contributed by atoms with Gasteiger partial charge in [0.1, 0.15) is 5.52 Å². The molecule has 2 aromatic rings. The molecule has 1 saturated heterocycles. The Labute approximate surface area is 104 Å². The number of H-pyrrole nitrogens is 1. The molecule has 2 aromatic heterocycles. The lowest BCUT2D eigenvalue weighted by Gasteiger charge is -2.26. The van der Waals surface area contributed by atoms with Gasteiger partial charge in [0.2, 0.25) is 5.95 Å². The minimum absolute atomic E-state index is 0.624. The van der Waals surface area contributed by atoms with Gasteiger partial charge >= 0.3 is 0 Å². The number of aromatic nitrogens is 4. The Hall–Kier alpha value is -1.43. The van der Waals surface area contributed by atoms with Crippen molar-refractivity contribution in [2.24, 2.45) is 7.05 Å². The minimum atomic E-state index is 0.624. The lowest BCUT2D eigenvalue weighted by atomic mass is 10.1. The predicted octanol–water partition coefficient (Wildman–Crippen LogP) is 2.02. The second-order valence-corrected chi connectivity index (χ2v) is 4.85. The van der Waals surface area contributed by atoms with Crippen LogP contribution < -0.4 is 4.90 Å². The maximum Gasteiger partial charge on any atom is 0.205 e. The van der Waals surface area contributed by atoms with Gasteiger partial charge in [0.05, 0.1) is 6.33 Å². The van der Waals surface area contributed by atoms with Crippen LogP contribution in [0.1, 0.15) is 19.3 Å². The number of piperidine rings is 1. The molecular formula is C11H15N5S. The highest BCUT2D eigenvalue weighted by Gasteiger charge is 2.14. The van der Waals surface area contributed by atoms with Crippen molar-refractivity contribution in [2.75, 3.05) is 18.0 Å². The summed E-state index contributed by atoms with van der Waals surface area (Å²) in [5.41, 5.74) is 1.73. The first-order valence-corrected chi connectivity index (χ1v) is 6.33. The maximum atomic E-state index is 5.33. The van der Waals surface area contributed by atoms with Crippen molar-refractivity contribution < 1.29 is 0 Å². The van der Waals surface area contributed by atoms with E-state index in [4.69, 9.17) is 12.2 Å². The van der Waals surface area contributed by atoms with E-state index in [1.165, 1.54) is 19.3 Å². The van der Waals surface area contributed by atoms with Crippen LogP contribution in [0, 0.1) is 4.64 Å². The molecule has 3 rings (SSSR count). The summed E-state index contributed by atoms with van der Waals surface area (Å²) in [6.07, 6.45) is 5.52. The molecule has 0 aliphatic carbocycles. The summed E-state index contributed by atoms with van der Waals surface area (Å²) in [6.45, 7) is 2.10. The van der Waals surface area contributed by atoms with Gasteiger partial charge in [-0.3, -0.25) is 0 Å². The summed E-state index contributed by atoms with van der Waals surface area (Å²) < 4.78 is 2.53. The predicted molar refractivity (Wildman–Crippen MR) is 69.8 cm³/mol. The molecule has 0 aromatic carbocycles. The molecule has 0 bridgehead atoms. The summed E-state index contributed by atoms with van der Waals surface area (Å²) in [4.78, 5) is 14.3. The van der Waals surface area contributed by atoms with Crippen LogP contribution in [-0.2, 0) is 7.05 Å². The number of hydrogen-bond donors (Lipinski definition) is 1. The third-order valence-electron chi connectivity index (χ3n) is 3.23. The van der Waals surface area contributed by atoms with Crippen LogP contribution in [0.25, 0.3) is 11.2 Å². The van der Waals surface area contributed by atoms with Crippen LogP contribution >= 0.6 is 12.2 Å². The molecule has 1 aliphatic heterocycles. The van der Waals surface area contributed by atoms with Gasteiger partial charge in [-0.15, -0.1) is 0 Å². The molecule has 3 heterocycles. The van der Waals surface area contributed by atoms with Gasteiger partial charge in [-0.05, 0) is 19.3 Å². The zero-order valence-corrected chi connectivity index (χ0v) is 10.6. The van der Waals surface area contributed by atoms with E-state index in [-0.39, 0.29) is 0 Å². The molecule has 90 valence electrons. The first-order chi connectivity index (χ1) is 8.25. The average Bonchev–Trinajstić information content (AvgIpc) is 2.73. The van der Waals surface area contributed by atoms with E-state index < -0.39 is 0 Å². The second kappa shape index (κ2) is 4.10. The quantitative estimate of drug-likeness (QED) is 0.786. The Morgan fingerprint density at radius 2 is 2.06 bits per heavy atom. The molecular weight excluding hydrogens is 234 g/mol. The van der Waals surface area contributed by atoms with Crippen molar-refractivity contribution in [1.82, 2.24) is 19.5 Å². The van der Waals surface area contributed by atoms with Gasteiger partial charge in [-0.25, -0.2) is 9.97 Å². The van der Waals surface area contributed by atoms with E-state index >= 15 is 0 Å². The minimum Gasteiger partial charge on any atom is -0.342 e. The van der Waals surface area contributed by atoms with E-state index in [1.807, 2.05) is 11.6 Å². The molecule has 6 heteroatoms. The first-order valence-electron chi connectivity index (χ1n) is 5.92. The number of aryl methyl sites for hydroxylation is 1. The van der Waals surface area contributed by atoms with Crippen molar-refractivity contribution in [1.29, 1.82) is 0 Å². The third-order valence-corrected chi connectivity index (χ3v) is 3.52. The van der Waals surface area contributed by atoms with Crippen LogP contribution in [0.2, 0.25) is 0 Å². The number of nitrogens with one attached hydrogen (secondary N) is 1. The average molecular weight is 249 g/mol. The lowest BCUT2D eigenvalue weighted by molar-refractivity contribution is 0.568. The van der Waals surface area contributed by atoms with Gasteiger partial charge in [-0.1, -0.05) is 12.2 Å². The topological polar surface area (TPSA) is 49.7 Å². The van der Waals surface area contributed by atoms with Gasteiger partial charge in [-0.2, -0.15) is 0 Å². The number of anilines is 1. The molecule has 5 nitrogen and oxygen atoms in total. The van der Waals surface area contributed by atoms with Crippen molar-refractivity contribution in [3.8, 4) is 0 Å². The monoisotopic (exact) mass is 249 g/mol. The summed E-state index contributed by atoms with van der Waals surface area (Å²) in [6, 6.07) is 0. The molecule has 0 radical (unpaired) electrons. The number of imidazole rings is 1. The van der Waals surface area contributed by atoms with Gasteiger partial charge < -0.3 is 14.5 Å². The van der Waals surface area contributed by atoms with Crippen LogP contribution in [0.3, 0.4) is 0 Å². The zero-order valence-electron chi connectivity index (χ0n) is 9.81. The molecule has 0 spiro atoms. The molecule has 1 aliphatic rings. The van der Waals surface area contributed by atoms with Crippen LogP contribution in [-0.4, -0.2) is 32.6 Å². The Balaban J connectivity index is 2.09. The highest BCUT2D eigenvalue weighted by molar-refractivity contribution is 7.71. The second-order valence-electron chi connectivity index (χ2n) is 4.47. The van der Waals surface area contributed by atoms with Crippen LogP contribution in [0.15, 0.2) is 6.33 Å². The number of rotatable bonds is 1. The highest BCUT2D eigenvalue weighted by Crippen LogP contribution is 2.18. The van der Waals surface area contributed by atoms with Crippen molar-refractivity contribution >= 4 is 29.3 Å². The smallest absolute Gasteiger partial charge is 0.205 e. The third kappa shape index (κ3) is 1.82. The molecule has 0 amide bonds. The Kier molecular flexibility index (Phi) is 2.58. The van der Waals surface area contributed by atoms with Crippen LogP contribution in [0.4, 0.5) is 5.95 Å². The van der Waals surface area contributed by atoms with E-state index in [9.17, 15) is 0 Å². The van der Waals surface area contributed by atoms with Crippen molar-refractivity contribution in [3.63, 3.8) is 0 Å². The fraction of sp³-hybridized carbons (Fsp3) is 0.545. The number of hydrogen-bond acceptors (Lipinski definition) is 4. The van der Waals surface area contributed by atoms with E-state index in [0.717, 1.165) is 30.2 Å². The van der Waals surface area contributed by atoms with Crippen molar-refractivity contribution in [2.45, 2.75) is 19.3 Å². The molecule has 1 N–H and O–H groups in total. The largest absolute Gasteiger partial charge is 0.342 e. The van der Waals surface area contributed by atoms with E-state index in [0.29, 0.717) is 4.64 Å². The summed E-state index contributed by atoms with van der Waals surface area (Å²) in [7, 11) is 1.93. The van der Waals surface area contributed by atoms with Gasteiger partial charge in [0.25, 0.3) is 0 Å². The van der Waals surface area contributed by atoms with E-state index in [2.05, 4.69) is 19.9 Å². The van der Waals surface area contributed by atoms with E-state index in [1.54, 1.807) is 6.33 Å². The maximum absolute atomic E-state index is 5.33. The Bertz CT molecular complexity index is 593. The summed E-state index contributed by atoms with van der Waals surface area (Å²) in [5, 5.41) is 0. The normalized spacial score (nSPS) is 16.6. The highest BCUT2D eigenvalue weighted by atomic mass is 32.1. The molecule has 0 saturated carbocycles. The first kappa shape index (κ1) is 10.7. The molecule has 0 unspecified atom stereocenters. The van der Waals surface area contributed by atoms with Crippen molar-refractivity contribution in [3.05, 3.63) is 11.0 Å². The SMILES string of the molecule is Cn1cnc2[nH]c(N3CCCCC3)nc(=S)c21. The Morgan fingerprint density at radius 3 is 2.82 bits per heavy atom. The molecule has 17 heavy (non-hydrogen) atoms. The Morgan fingerprint density at radius 1 is 1.29 bits per heavy atom.